The molecule has 0 amide bonds. The fraction of sp³-hybridized carbons (Fsp3) is 0.932. The van der Waals surface area contributed by atoms with Crippen LogP contribution in [0, 0.1) is 50.2 Å². The minimum atomic E-state index is -2.11. The molecule has 9 fully saturated rings. The van der Waals surface area contributed by atoms with Gasteiger partial charge in [0.1, 0.15) is 116 Å². The zero-order valence-electron chi connectivity index (χ0n) is 50.4. The quantitative estimate of drug-likeness (QED) is 0.0417. The van der Waals surface area contributed by atoms with Crippen LogP contribution in [0.3, 0.4) is 0 Å². The lowest BCUT2D eigenvalue weighted by Gasteiger charge is -2.71. The number of carboxylic acid groups (broad SMARTS) is 1. The molecule has 5 aliphatic carbocycles. The van der Waals surface area contributed by atoms with Crippen LogP contribution >= 0.6 is 0 Å². The molecule has 1 unspecified atom stereocenters. The van der Waals surface area contributed by atoms with Gasteiger partial charge in [0.05, 0.1) is 50.0 Å². The molecule has 0 aromatic heterocycles. The summed E-state index contributed by atoms with van der Waals surface area (Å²) in [5, 5.41) is 183. The summed E-state index contributed by atoms with van der Waals surface area (Å²) in [7, 11) is 0. The number of aliphatic carboxylic acids is 1. The summed E-state index contributed by atoms with van der Waals surface area (Å²) in [5.41, 5.74) is -3.46. The number of allylic oxidation sites excluding steroid dienone is 2. The van der Waals surface area contributed by atoms with Crippen molar-refractivity contribution in [2.45, 2.75) is 259 Å². The van der Waals surface area contributed by atoms with Gasteiger partial charge in [-0.05, 0) is 111 Å². The number of hydrogen-bond acceptors (Lipinski definition) is 28. The Morgan fingerprint density at radius 2 is 1.08 bits per heavy atom. The SMILES string of the molecule is CC1(C)CC[C@]2(C(=O)O[C@@H]3O[C@H](CO[C@@H]4O[C@H](CO)[C@@H](O)[C@H](O)[C@H]4O[C@@H]4O[C@H](CO)[C@@H](O)[C@H](O)[C@H]4O)[C@@H](O)[C@H](O[C@@H]4O[C@H](CO)[C@@H](O)[C@H](O)[C@H]4O)[C@H]3O)CC[C@]3(C)C(=CC[C@@H]4[C@@]5(C)CC[C@H](O[C@@H]6OC[C@H](O)[C@H](O)[C@H]6O)C(C)(C(=O)O)[C@@H]5CC[C@]43C)[C@@H]2C1. The molecule has 33 atom stereocenters. The molecule has 0 spiro atoms. The van der Waals surface area contributed by atoms with Gasteiger partial charge < -0.3 is 134 Å². The number of ether oxygens (including phenoxy) is 10. The predicted octanol–water partition coefficient (Wildman–Crippen LogP) is -4.51. The number of carbonyl (C=O) groups is 2. The highest BCUT2D eigenvalue weighted by molar-refractivity contribution is 5.79. The van der Waals surface area contributed by atoms with E-state index in [2.05, 4.69) is 40.7 Å². The Kier molecular flexibility index (Phi) is 19.8. The zero-order valence-corrected chi connectivity index (χ0v) is 50.4. The van der Waals surface area contributed by atoms with Crippen LogP contribution in [0.25, 0.3) is 0 Å². The Hall–Kier alpha value is -2.32. The zero-order chi connectivity index (χ0) is 64.3. The molecule has 504 valence electrons. The van der Waals surface area contributed by atoms with Gasteiger partial charge in [-0.15, -0.1) is 0 Å². The summed E-state index contributed by atoms with van der Waals surface area (Å²) >= 11 is 0. The summed E-state index contributed by atoms with van der Waals surface area (Å²) < 4.78 is 59.3. The Labute approximate surface area is 508 Å². The first kappa shape index (κ1) is 68.5. The van der Waals surface area contributed by atoms with E-state index in [-0.39, 0.29) is 17.9 Å². The molecular weight excluding hydrogens is 1170 g/mol. The molecule has 0 aromatic rings. The Morgan fingerprint density at radius 1 is 0.534 bits per heavy atom. The summed E-state index contributed by atoms with van der Waals surface area (Å²) in [5.74, 6) is -2.72. The first-order valence-corrected chi connectivity index (χ1v) is 30.9. The minimum absolute atomic E-state index is 0.0508. The fourth-order valence-electron chi connectivity index (χ4n) is 17.5. The molecule has 5 saturated heterocycles. The average Bonchev–Trinajstić information content (AvgIpc) is 0.694. The highest BCUT2D eigenvalue weighted by Gasteiger charge is 2.72. The van der Waals surface area contributed by atoms with E-state index < -0.39 is 231 Å². The molecule has 88 heavy (non-hydrogen) atoms. The second-order valence-electron chi connectivity index (χ2n) is 28.4. The molecule has 0 radical (unpaired) electrons. The van der Waals surface area contributed by atoms with Gasteiger partial charge in [-0.1, -0.05) is 46.3 Å². The molecule has 10 aliphatic rings. The van der Waals surface area contributed by atoms with Crippen LogP contribution in [0.4, 0.5) is 0 Å². The maximum Gasteiger partial charge on any atom is 0.315 e. The van der Waals surface area contributed by atoms with E-state index in [0.717, 1.165) is 5.57 Å². The van der Waals surface area contributed by atoms with Crippen LogP contribution in [0.2, 0.25) is 0 Å². The van der Waals surface area contributed by atoms with Crippen molar-refractivity contribution < 1.29 is 144 Å². The predicted molar refractivity (Wildman–Crippen MR) is 291 cm³/mol. The van der Waals surface area contributed by atoms with Gasteiger partial charge in [0.25, 0.3) is 0 Å². The van der Waals surface area contributed by atoms with E-state index in [1.165, 1.54) is 0 Å². The Morgan fingerprint density at radius 3 is 1.67 bits per heavy atom. The van der Waals surface area contributed by atoms with Crippen molar-refractivity contribution in [3.8, 4) is 0 Å². The summed E-state index contributed by atoms with van der Waals surface area (Å²) in [6.45, 7) is 8.83. The lowest BCUT2D eigenvalue weighted by Crippen LogP contribution is -2.67. The third-order valence-corrected chi connectivity index (χ3v) is 23.3. The fourth-order valence-corrected chi connectivity index (χ4v) is 17.5. The lowest BCUT2D eigenvalue weighted by molar-refractivity contribution is -0.377. The maximum absolute atomic E-state index is 15.7. The van der Waals surface area contributed by atoms with Crippen molar-refractivity contribution in [1.82, 2.24) is 0 Å². The highest BCUT2D eigenvalue weighted by Crippen LogP contribution is 2.76. The normalized spacial score (nSPS) is 53.7. The number of aliphatic hydroxyl groups is 16. The van der Waals surface area contributed by atoms with Crippen LogP contribution in [0.1, 0.15) is 106 Å². The second-order valence-corrected chi connectivity index (χ2v) is 28.4. The standard InChI is InChI=1S/C59H94O29/c1-54(2)13-15-59(16-14-56(4)23(24(59)17-54)7-8-30-55(3)11-10-32(85-47-41(72)33(64)25(63)21-79-47)58(6,52(76)77)31(55)9-12-57(30,56)5)53(78)88-50-44(75)45(86-48-42(73)38(69)34(65)26(18-60)81-48)37(68)29(84-50)22-80-51-46(40(71)36(67)28(20-62)83-51)87-49-43(74)39(70)35(66)27(19-61)82-49/h7,24-51,60-75H,8-22H2,1-6H3,(H,76,77)/t24-,25-,26+,27+,28+,29+,30+,31+,32-,33-,34+,35+,36+,37+,38-,39-,40-,41+,42+,43+,44+,45-,46+,47-,48-,49-,50-,51+,55+,56+,57+,58?,59-/m0/s1. The van der Waals surface area contributed by atoms with Crippen molar-refractivity contribution >= 4 is 11.9 Å². The lowest BCUT2D eigenvalue weighted by atomic mass is 9.33. The van der Waals surface area contributed by atoms with Crippen molar-refractivity contribution in [3.05, 3.63) is 11.6 Å². The number of carbonyl (C=O) groups excluding carboxylic acids is 1. The summed E-state index contributed by atoms with van der Waals surface area (Å²) in [4.78, 5) is 29.4. The second kappa shape index (κ2) is 25.4. The number of hydrogen-bond donors (Lipinski definition) is 17. The van der Waals surface area contributed by atoms with Crippen molar-refractivity contribution in [2.24, 2.45) is 50.2 Å². The number of fused-ring (bicyclic) bond motifs is 7. The van der Waals surface area contributed by atoms with Crippen LogP contribution in [0.15, 0.2) is 11.6 Å². The van der Waals surface area contributed by atoms with Gasteiger partial charge in [0, 0.05) is 0 Å². The Balaban J connectivity index is 0.931. The molecule has 5 aliphatic heterocycles. The average molecular weight is 1270 g/mol. The van der Waals surface area contributed by atoms with Crippen molar-refractivity contribution in [2.75, 3.05) is 33.0 Å². The van der Waals surface area contributed by atoms with Crippen LogP contribution in [-0.4, -0.2) is 285 Å². The van der Waals surface area contributed by atoms with E-state index in [9.17, 15) is 91.6 Å². The molecule has 17 N–H and O–H groups in total. The number of rotatable bonds is 15. The number of carboxylic acids is 1. The molecule has 29 nitrogen and oxygen atoms in total. The van der Waals surface area contributed by atoms with Gasteiger partial charge >= 0.3 is 11.9 Å². The van der Waals surface area contributed by atoms with Crippen LogP contribution < -0.4 is 0 Å². The van der Waals surface area contributed by atoms with Crippen LogP contribution in [0.5, 0.6) is 0 Å². The molecule has 4 saturated carbocycles. The molecular formula is C59H94O29. The van der Waals surface area contributed by atoms with E-state index >= 15 is 4.79 Å². The van der Waals surface area contributed by atoms with E-state index in [1.807, 2.05) is 0 Å². The molecule has 5 heterocycles. The largest absolute Gasteiger partial charge is 0.481 e. The number of esters is 1. The molecule has 0 aromatic carbocycles. The minimum Gasteiger partial charge on any atom is -0.481 e. The van der Waals surface area contributed by atoms with E-state index in [4.69, 9.17) is 47.4 Å². The van der Waals surface area contributed by atoms with Gasteiger partial charge in [-0.25, -0.2) is 0 Å². The third-order valence-electron chi connectivity index (χ3n) is 23.3. The maximum atomic E-state index is 15.7. The van der Waals surface area contributed by atoms with Crippen molar-refractivity contribution in [1.29, 1.82) is 0 Å². The summed E-state index contributed by atoms with van der Waals surface area (Å²) in [6, 6.07) is 0. The van der Waals surface area contributed by atoms with Crippen LogP contribution in [-0.2, 0) is 57.0 Å². The molecule has 29 heteroatoms. The molecule has 10 rings (SSSR count). The van der Waals surface area contributed by atoms with E-state index in [1.54, 1.807) is 6.92 Å². The Bertz CT molecular complexity index is 2490. The first-order valence-electron chi connectivity index (χ1n) is 30.9. The van der Waals surface area contributed by atoms with E-state index in [0.29, 0.717) is 64.2 Å². The topological polar surface area (TPSA) is 470 Å². The van der Waals surface area contributed by atoms with Gasteiger partial charge in [-0.2, -0.15) is 0 Å². The van der Waals surface area contributed by atoms with Gasteiger partial charge in [-0.3, -0.25) is 9.59 Å². The monoisotopic (exact) mass is 1270 g/mol. The molecule has 0 bridgehead atoms. The first-order chi connectivity index (χ1) is 41.3. The van der Waals surface area contributed by atoms with Crippen molar-refractivity contribution in [3.63, 3.8) is 0 Å². The van der Waals surface area contributed by atoms with Gasteiger partial charge in [0.2, 0.25) is 6.29 Å². The van der Waals surface area contributed by atoms with Gasteiger partial charge in [0.15, 0.2) is 25.2 Å². The third kappa shape index (κ3) is 11.3. The summed E-state index contributed by atoms with van der Waals surface area (Å²) in [6.07, 6.45) is -37.3. The highest BCUT2D eigenvalue weighted by atomic mass is 16.8. The number of aliphatic hydroxyl groups excluding tert-OH is 16. The smallest absolute Gasteiger partial charge is 0.315 e.